The molecule has 0 atom stereocenters. The molecule has 0 aliphatic rings. The molecule has 0 bridgehead atoms. The van der Waals surface area contributed by atoms with E-state index in [0.717, 1.165) is 9.87 Å². The van der Waals surface area contributed by atoms with Gasteiger partial charge in [-0.3, -0.25) is 4.79 Å². The van der Waals surface area contributed by atoms with Crippen molar-refractivity contribution in [3.8, 4) is 0 Å². The molecule has 0 fully saturated rings. The van der Waals surface area contributed by atoms with Crippen molar-refractivity contribution in [2.24, 2.45) is 0 Å². The van der Waals surface area contributed by atoms with Gasteiger partial charge in [0.2, 0.25) is 15.9 Å². The van der Waals surface area contributed by atoms with Crippen LogP contribution in [0.3, 0.4) is 0 Å². The number of amides is 1. The monoisotopic (exact) mass is 381 g/mol. The first-order valence-corrected chi connectivity index (χ1v) is 9.56. The number of nitrogens with one attached hydrogen (secondary N) is 1. The van der Waals surface area contributed by atoms with Crippen LogP contribution in [0.1, 0.15) is 17.7 Å². The number of ether oxygens (including phenoxy) is 1. The van der Waals surface area contributed by atoms with Crippen molar-refractivity contribution in [2.45, 2.75) is 25.2 Å². The van der Waals surface area contributed by atoms with Crippen molar-refractivity contribution >= 4 is 21.7 Å². The third-order valence-corrected chi connectivity index (χ3v) is 5.49. The van der Waals surface area contributed by atoms with E-state index < -0.39 is 15.9 Å². The average molecular weight is 381 g/mol. The first-order valence-electron chi connectivity index (χ1n) is 8.12. The van der Waals surface area contributed by atoms with Gasteiger partial charge < -0.3 is 14.6 Å². The minimum atomic E-state index is -3.81. The Labute approximate surface area is 153 Å². The number of aromatic nitrogens is 1. The molecule has 9 heteroatoms. The molecule has 1 aromatic heterocycles. The number of benzene rings is 1. The smallest absolute Gasteiger partial charge is 0.243 e. The van der Waals surface area contributed by atoms with Crippen molar-refractivity contribution in [1.29, 1.82) is 0 Å². The van der Waals surface area contributed by atoms with Crippen LogP contribution in [-0.2, 0) is 19.6 Å². The van der Waals surface area contributed by atoms with Gasteiger partial charge in [0.1, 0.15) is 5.76 Å². The van der Waals surface area contributed by atoms with Crippen LogP contribution in [0.4, 0.5) is 5.82 Å². The minimum absolute atomic E-state index is 0.144. The lowest BCUT2D eigenvalue weighted by Gasteiger charge is -2.21. The van der Waals surface area contributed by atoms with Crippen molar-refractivity contribution in [3.63, 3.8) is 0 Å². The van der Waals surface area contributed by atoms with Crippen LogP contribution >= 0.6 is 0 Å². The number of rotatable bonds is 9. The lowest BCUT2D eigenvalue weighted by atomic mass is 10.2. The van der Waals surface area contributed by atoms with Gasteiger partial charge >= 0.3 is 0 Å². The molecule has 2 rings (SSSR count). The van der Waals surface area contributed by atoms with Crippen LogP contribution < -0.4 is 5.32 Å². The second kappa shape index (κ2) is 8.93. The van der Waals surface area contributed by atoms with Crippen molar-refractivity contribution in [2.75, 3.05) is 32.1 Å². The van der Waals surface area contributed by atoms with Gasteiger partial charge in [0, 0.05) is 26.3 Å². The minimum Gasteiger partial charge on any atom is -0.385 e. The summed E-state index contributed by atoms with van der Waals surface area (Å²) < 4.78 is 36.8. The summed E-state index contributed by atoms with van der Waals surface area (Å²) in [7, 11) is -2.27. The van der Waals surface area contributed by atoms with Gasteiger partial charge in [-0.15, -0.1) is 0 Å². The van der Waals surface area contributed by atoms with Crippen LogP contribution in [0, 0.1) is 13.8 Å². The SMILES string of the molecule is COCCCN(CC(=O)Nc1cc(C)on1)S(=O)(=O)c1ccc(C)cc1. The highest BCUT2D eigenvalue weighted by Gasteiger charge is 2.26. The molecule has 26 heavy (non-hydrogen) atoms. The zero-order valence-electron chi connectivity index (χ0n) is 15.1. The zero-order valence-corrected chi connectivity index (χ0v) is 15.9. The van der Waals surface area contributed by atoms with Crippen molar-refractivity contribution < 1.29 is 22.5 Å². The fourth-order valence-electron chi connectivity index (χ4n) is 2.30. The summed E-state index contributed by atoms with van der Waals surface area (Å²) in [5, 5.41) is 6.21. The van der Waals surface area contributed by atoms with Gasteiger partial charge in [-0.25, -0.2) is 8.42 Å². The van der Waals surface area contributed by atoms with E-state index in [-0.39, 0.29) is 23.8 Å². The molecule has 0 saturated heterocycles. The molecule has 2 aromatic rings. The number of methoxy groups -OCH3 is 1. The summed E-state index contributed by atoms with van der Waals surface area (Å²) >= 11 is 0. The van der Waals surface area contributed by atoms with Gasteiger partial charge in [-0.2, -0.15) is 4.31 Å². The summed E-state index contributed by atoms with van der Waals surface area (Å²) in [6.45, 7) is 3.80. The molecule has 0 aliphatic carbocycles. The lowest BCUT2D eigenvalue weighted by molar-refractivity contribution is -0.116. The first kappa shape index (κ1) is 20.1. The van der Waals surface area contributed by atoms with Crippen LogP contribution in [0.25, 0.3) is 0 Å². The number of sulfonamides is 1. The molecule has 0 saturated carbocycles. The Morgan fingerprint density at radius 1 is 1.27 bits per heavy atom. The van der Waals surface area contributed by atoms with Gasteiger partial charge in [-0.1, -0.05) is 22.9 Å². The summed E-state index contributed by atoms with van der Waals surface area (Å²) in [5.41, 5.74) is 0.953. The summed E-state index contributed by atoms with van der Waals surface area (Å²) in [6, 6.07) is 8.07. The molecule has 1 amide bonds. The van der Waals surface area contributed by atoms with Crippen LogP contribution in [-0.4, -0.2) is 50.6 Å². The van der Waals surface area contributed by atoms with E-state index in [4.69, 9.17) is 9.26 Å². The Hall–Kier alpha value is -2.23. The summed E-state index contributed by atoms with van der Waals surface area (Å²) in [5.74, 6) is 0.299. The number of hydrogen-bond donors (Lipinski definition) is 1. The highest BCUT2D eigenvalue weighted by atomic mass is 32.2. The topological polar surface area (TPSA) is 102 Å². The summed E-state index contributed by atoms with van der Waals surface area (Å²) in [6.07, 6.45) is 0.470. The quantitative estimate of drug-likeness (QED) is 0.666. The number of hydrogen-bond acceptors (Lipinski definition) is 6. The van der Waals surface area contributed by atoms with E-state index in [1.54, 1.807) is 32.2 Å². The zero-order chi connectivity index (χ0) is 19.2. The van der Waals surface area contributed by atoms with E-state index in [1.807, 2.05) is 6.92 Å². The predicted octanol–water partition coefficient (Wildman–Crippen LogP) is 1.96. The molecular formula is C17H23N3O5S. The van der Waals surface area contributed by atoms with Gasteiger partial charge in [0.05, 0.1) is 11.4 Å². The molecule has 0 radical (unpaired) electrons. The maximum Gasteiger partial charge on any atom is 0.243 e. The van der Waals surface area contributed by atoms with Gasteiger partial charge in [-0.05, 0) is 32.4 Å². The number of carbonyl (C=O) groups is 1. The second-order valence-corrected chi connectivity index (χ2v) is 7.81. The van der Waals surface area contributed by atoms with Gasteiger partial charge in [0.25, 0.3) is 0 Å². The average Bonchev–Trinajstić information content (AvgIpc) is 2.99. The largest absolute Gasteiger partial charge is 0.385 e. The molecular weight excluding hydrogens is 358 g/mol. The van der Waals surface area contributed by atoms with Crippen molar-refractivity contribution in [3.05, 3.63) is 41.7 Å². The summed E-state index contributed by atoms with van der Waals surface area (Å²) in [4.78, 5) is 12.4. The Bertz CT molecular complexity index is 830. The molecule has 0 spiro atoms. The predicted molar refractivity (Wildman–Crippen MR) is 96.3 cm³/mol. The highest BCUT2D eigenvalue weighted by molar-refractivity contribution is 7.89. The van der Waals surface area contributed by atoms with E-state index >= 15 is 0 Å². The molecule has 1 heterocycles. The fourth-order valence-corrected chi connectivity index (χ4v) is 3.73. The maximum absolute atomic E-state index is 12.9. The molecule has 1 aromatic carbocycles. The lowest BCUT2D eigenvalue weighted by Crippen LogP contribution is -2.39. The molecule has 0 aliphatic heterocycles. The van der Waals surface area contributed by atoms with Gasteiger partial charge in [0.15, 0.2) is 5.82 Å². The fraction of sp³-hybridized carbons (Fsp3) is 0.412. The molecule has 142 valence electrons. The highest BCUT2D eigenvalue weighted by Crippen LogP contribution is 2.17. The Morgan fingerprint density at radius 2 is 1.96 bits per heavy atom. The second-order valence-electron chi connectivity index (χ2n) is 5.87. The number of anilines is 1. The third kappa shape index (κ3) is 5.38. The van der Waals surface area contributed by atoms with Crippen LogP contribution in [0.15, 0.2) is 39.8 Å². The molecule has 0 unspecified atom stereocenters. The normalized spacial score (nSPS) is 11.7. The molecule has 8 nitrogen and oxygen atoms in total. The van der Waals surface area contributed by atoms with E-state index in [0.29, 0.717) is 18.8 Å². The number of aryl methyl sites for hydroxylation is 2. The Balaban J connectivity index is 2.15. The van der Waals surface area contributed by atoms with Crippen molar-refractivity contribution in [1.82, 2.24) is 9.46 Å². The van der Waals surface area contributed by atoms with E-state index in [1.165, 1.54) is 12.1 Å². The number of carbonyl (C=O) groups excluding carboxylic acids is 1. The van der Waals surface area contributed by atoms with Crippen LogP contribution in [0.5, 0.6) is 0 Å². The number of nitrogens with zero attached hydrogens (tertiary/aromatic N) is 2. The van der Waals surface area contributed by atoms with Crippen LogP contribution in [0.2, 0.25) is 0 Å². The van der Waals surface area contributed by atoms with E-state index in [9.17, 15) is 13.2 Å². The maximum atomic E-state index is 12.9. The standard InChI is InChI=1S/C17H23N3O5S/c1-13-5-7-15(8-6-13)26(22,23)20(9-4-10-24-3)12-17(21)18-16-11-14(2)25-19-16/h5-8,11H,4,9-10,12H2,1-3H3,(H,18,19,21). The first-order chi connectivity index (χ1) is 12.3. The Morgan fingerprint density at radius 3 is 2.54 bits per heavy atom. The third-order valence-electron chi connectivity index (χ3n) is 3.63. The van der Waals surface area contributed by atoms with E-state index in [2.05, 4.69) is 10.5 Å². The Kier molecular flexibility index (Phi) is 6.90. The molecule has 1 N–H and O–H groups in total.